The van der Waals surface area contributed by atoms with Crippen LogP contribution < -0.4 is 20.1 Å². The first-order chi connectivity index (χ1) is 24.8. The van der Waals surface area contributed by atoms with Gasteiger partial charge in [0.15, 0.2) is 0 Å². The molecule has 1 aliphatic carbocycles. The number of halogens is 2. The maximum atomic E-state index is 11.8. The number of carbonyl (C=O) groups is 1. The predicted molar refractivity (Wildman–Crippen MR) is 200 cm³/mol. The molecule has 2 fully saturated rings. The predicted octanol–water partition coefficient (Wildman–Crippen LogP) is 6.27. The molecule has 0 radical (unpaired) electrons. The fourth-order valence-corrected chi connectivity index (χ4v) is 7.63. The normalized spacial score (nSPS) is 18.1. The molecule has 1 saturated heterocycles. The Morgan fingerprint density at radius 3 is 2.22 bits per heavy atom. The van der Waals surface area contributed by atoms with Gasteiger partial charge in [-0.05, 0) is 56.7 Å². The Balaban J connectivity index is 1.18. The molecule has 3 heterocycles. The summed E-state index contributed by atoms with van der Waals surface area (Å²) in [6, 6.07) is 18.2. The van der Waals surface area contributed by atoms with Gasteiger partial charge in [0.1, 0.15) is 12.4 Å². The second-order valence-corrected chi connectivity index (χ2v) is 13.9. The molecule has 0 unspecified atom stereocenters. The number of aromatic nitrogens is 2. The smallest absolute Gasteiger partial charge is 0.248 e. The highest BCUT2D eigenvalue weighted by atomic mass is 35.5. The van der Waals surface area contributed by atoms with Crippen LogP contribution in [-0.4, -0.2) is 83.1 Å². The minimum Gasteiger partial charge on any atom is -0.496 e. The van der Waals surface area contributed by atoms with Crippen molar-refractivity contribution in [3.05, 3.63) is 82.0 Å². The van der Waals surface area contributed by atoms with Crippen LogP contribution in [0, 0.1) is 0 Å². The second kappa shape index (κ2) is 17.2. The Kier molecular flexibility index (Phi) is 12.5. The third-order valence-electron chi connectivity index (χ3n) is 9.99. The maximum Gasteiger partial charge on any atom is 0.248 e. The van der Waals surface area contributed by atoms with Crippen molar-refractivity contribution >= 4 is 29.1 Å². The molecule has 1 saturated carbocycles. The lowest BCUT2D eigenvalue weighted by atomic mass is 9.93. The van der Waals surface area contributed by atoms with Crippen LogP contribution in [0.3, 0.4) is 0 Å². The van der Waals surface area contributed by atoms with E-state index in [0.29, 0.717) is 59.5 Å². The lowest BCUT2D eigenvalue weighted by Crippen LogP contribution is -2.45. The van der Waals surface area contributed by atoms with E-state index in [2.05, 4.69) is 15.6 Å². The first-order valence-corrected chi connectivity index (χ1v) is 18.2. The molecule has 6 rings (SSSR count). The average molecular weight is 735 g/mol. The monoisotopic (exact) mass is 733 g/mol. The Hall–Kier alpha value is -3.77. The topological polar surface area (TPSA) is 129 Å². The minimum absolute atomic E-state index is 0.183. The summed E-state index contributed by atoms with van der Waals surface area (Å²) in [5.41, 5.74) is 6.32. The molecular formula is C39H45Cl2N5O5. The van der Waals surface area contributed by atoms with Gasteiger partial charge in [-0.15, -0.1) is 0 Å². The van der Waals surface area contributed by atoms with Crippen molar-refractivity contribution in [2.24, 2.45) is 0 Å². The zero-order valence-corrected chi connectivity index (χ0v) is 30.5. The number of pyridine rings is 2. The molecule has 2 aromatic heterocycles. The summed E-state index contributed by atoms with van der Waals surface area (Å²) < 4.78 is 11.5. The zero-order valence-electron chi connectivity index (χ0n) is 29.0. The lowest BCUT2D eigenvalue weighted by molar-refractivity contribution is -0.135. The first-order valence-electron chi connectivity index (χ1n) is 17.5. The van der Waals surface area contributed by atoms with Crippen LogP contribution >= 0.6 is 23.2 Å². The number of amides is 1. The molecule has 51 heavy (non-hydrogen) atoms. The molecule has 2 aliphatic rings. The van der Waals surface area contributed by atoms with E-state index in [1.165, 1.54) is 0 Å². The van der Waals surface area contributed by atoms with Crippen LogP contribution in [0.1, 0.15) is 49.7 Å². The third kappa shape index (κ3) is 8.65. The number of aliphatic hydroxyl groups is 2. The zero-order chi connectivity index (χ0) is 35.9. The molecule has 0 bridgehead atoms. The molecular weight excluding hydrogens is 689 g/mol. The molecule has 4 N–H and O–H groups in total. The summed E-state index contributed by atoms with van der Waals surface area (Å²) in [4.78, 5) is 23.0. The van der Waals surface area contributed by atoms with E-state index in [1.807, 2.05) is 54.6 Å². The van der Waals surface area contributed by atoms with Crippen molar-refractivity contribution in [1.29, 1.82) is 0 Å². The molecule has 2 aromatic carbocycles. The number of likely N-dealkylation sites (tertiary alicyclic amines) is 1. The summed E-state index contributed by atoms with van der Waals surface area (Å²) in [5.74, 6) is 1.03. The molecule has 270 valence electrons. The highest BCUT2D eigenvalue weighted by Gasteiger charge is 2.24. The summed E-state index contributed by atoms with van der Waals surface area (Å²) in [6.45, 7) is 2.02. The number of carbonyl (C=O) groups excluding carboxylic acids is 1. The SMILES string of the molecule is COc1cc(-c2nccc(-c3cccc(-c4ccc(CNC5CCN(C(=O)CO)CC5)c(OC)n4)c3Cl)c2Cl)ccc1CN[C@H]1CC[C@H](O)CC1. The number of methoxy groups -OCH3 is 2. The van der Waals surface area contributed by atoms with Gasteiger partial charge in [0, 0.05) is 77.8 Å². The second-order valence-electron chi connectivity index (χ2n) is 13.2. The van der Waals surface area contributed by atoms with Gasteiger partial charge < -0.3 is 35.2 Å². The van der Waals surface area contributed by atoms with Gasteiger partial charge in [0.2, 0.25) is 11.8 Å². The molecule has 0 spiro atoms. The summed E-state index contributed by atoms with van der Waals surface area (Å²) in [5, 5.41) is 27.1. The Bertz CT molecular complexity index is 1830. The van der Waals surface area contributed by atoms with E-state index in [0.717, 1.165) is 77.7 Å². The van der Waals surface area contributed by atoms with Crippen molar-refractivity contribution in [2.45, 2.75) is 69.8 Å². The van der Waals surface area contributed by atoms with Crippen molar-refractivity contribution in [3.63, 3.8) is 0 Å². The van der Waals surface area contributed by atoms with E-state index in [9.17, 15) is 9.90 Å². The first kappa shape index (κ1) is 37.0. The number of piperidine rings is 1. The fourth-order valence-electron chi connectivity index (χ4n) is 6.98. The van der Waals surface area contributed by atoms with Crippen molar-refractivity contribution in [2.75, 3.05) is 33.9 Å². The van der Waals surface area contributed by atoms with Gasteiger partial charge in [-0.1, -0.05) is 59.6 Å². The van der Waals surface area contributed by atoms with Gasteiger partial charge in [-0.25, -0.2) is 4.98 Å². The summed E-state index contributed by atoms with van der Waals surface area (Å²) in [7, 11) is 3.27. The van der Waals surface area contributed by atoms with Gasteiger partial charge in [-0.2, -0.15) is 0 Å². The van der Waals surface area contributed by atoms with Crippen LogP contribution in [0.2, 0.25) is 10.0 Å². The molecule has 12 heteroatoms. The molecule has 4 aromatic rings. The molecule has 1 aliphatic heterocycles. The lowest BCUT2D eigenvalue weighted by Gasteiger charge is -2.32. The van der Waals surface area contributed by atoms with Crippen LogP contribution in [0.5, 0.6) is 11.6 Å². The van der Waals surface area contributed by atoms with Crippen LogP contribution in [-0.2, 0) is 17.9 Å². The van der Waals surface area contributed by atoms with E-state index in [1.54, 1.807) is 25.3 Å². The maximum absolute atomic E-state index is 11.8. The number of hydrogen-bond donors (Lipinski definition) is 4. The number of nitrogens with one attached hydrogen (secondary N) is 2. The number of hydrogen-bond acceptors (Lipinski definition) is 9. The quantitative estimate of drug-likeness (QED) is 0.133. The van der Waals surface area contributed by atoms with E-state index < -0.39 is 6.61 Å². The number of benzene rings is 2. The summed E-state index contributed by atoms with van der Waals surface area (Å²) in [6.07, 6.45) is 6.75. The van der Waals surface area contributed by atoms with Gasteiger partial charge in [0.05, 0.1) is 41.8 Å². The highest BCUT2D eigenvalue weighted by Crippen LogP contribution is 2.42. The van der Waals surface area contributed by atoms with Crippen LogP contribution in [0.15, 0.2) is 60.8 Å². The van der Waals surface area contributed by atoms with E-state index in [4.69, 9.17) is 42.8 Å². The number of rotatable bonds is 12. The molecule has 10 nitrogen and oxygen atoms in total. The van der Waals surface area contributed by atoms with Crippen molar-refractivity contribution < 1.29 is 24.5 Å². The van der Waals surface area contributed by atoms with E-state index in [-0.39, 0.29) is 18.1 Å². The fraction of sp³-hybridized carbons (Fsp3) is 0.410. The molecule has 0 atom stereocenters. The Morgan fingerprint density at radius 2 is 1.51 bits per heavy atom. The van der Waals surface area contributed by atoms with Crippen molar-refractivity contribution in [3.8, 4) is 45.3 Å². The standard InChI is InChI=1S/C39H45Cl2N5O5/c1-50-34-20-24(6-7-25(34)21-43-27-9-11-29(48)12-10-27)38-37(41)31(14-17-42-38)30-4-3-5-32(36(30)40)33-13-8-26(39(45-33)51-2)22-44-28-15-18-46(19-16-28)35(49)23-47/h3-8,13-14,17,20,27-29,43-44,47-48H,9-12,15-16,18-19,21-23H2,1-2H3/t27-,29-. The van der Waals surface area contributed by atoms with Crippen LogP contribution in [0.25, 0.3) is 33.6 Å². The minimum atomic E-state index is -0.450. The largest absolute Gasteiger partial charge is 0.496 e. The van der Waals surface area contributed by atoms with Crippen LogP contribution in [0.4, 0.5) is 0 Å². The van der Waals surface area contributed by atoms with Gasteiger partial charge in [0.25, 0.3) is 0 Å². The van der Waals surface area contributed by atoms with Gasteiger partial charge in [-0.3, -0.25) is 9.78 Å². The van der Waals surface area contributed by atoms with Gasteiger partial charge >= 0.3 is 0 Å². The molecule has 1 amide bonds. The average Bonchev–Trinajstić information content (AvgIpc) is 3.17. The Labute approximate surface area is 309 Å². The number of ether oxygens (including phenoxy) is 2. The highest BCUT2D eigenvalue weighted by molar-refractivity contribution is 6.39. The number of nitrogens with zero attached hydrogens (tertiary/aromatic N) is 3. The Morgan fingerprint density at radius 1 is 0.843 bits per heavy atom. The third-order valence-corrected chi connectivity index (χ3v) is 10.8. The number of aliphatic hydroxyl groups excluding tert-OH is 2. The van der Waals surface area contributed by atoms with E-state index >= 15 is 0 Å². The summed E-state index contributed by atoms with van der Waals surface area (Å²) >= 11 is 14.2. The van der Waals surface area contributed by atoms with Crippen molar-refractivity contribution in [1.82, 2.24) is 25.5 Å².